The summed E-state index contributed by atoms with van der Waals surface area (Å²) in [5.74, 6) is 0.179. The van der Waals surface area contributed by atoms with Crippen LogP contribution in [0.5, 0.6) is 0 Å². The van der Waals surface area contributed by atoms with Crippen LogP contribution in [0.1, 0.15) is 24.3 Å². The highest BCUT2D eigenvalue weighted by Gasteiger charge is 2.24. The molecule has 0 aliphatic heterocycles. The third kappa shape index (κ3) is 3.95. The summed E-state index contributed by atoms with van der Waals surface area (Å²) in [5.41, 5.74) is 0.837. The van der Waals surface area contributed by atoms with E-state index >= 15 is 0 Å². The fourth-order valence-corrected chi connectivity index (χ4v) is 4.27. The van der Waals surface area contributed by atoms with Crippen LogP contribution in [0.4, 0.5) is 0 Å². The zero-order chi connectivity index (χ0) is 15.6. The molecule has 1 unspecified atom stereocenters. The van der Waals surface area contributed by atoms with E-state index in [1.165, 1.54) is 6.07 Å². The van der Waals surface area contributed by atoms with Gasteiger partial charge in [-0.3, -0.25) is 0 Å². The number of aliphatic hydroxyl groups excluding tert-OH is 1. The molecule has 0 aliphatic carbocycles. The predicted molar refractivity (Wildman–Crippen MR) is 85.2 cm³/mol. The lowest BCUT2D eigenvalue weighted by Crippen LogP contribution is -2.26. The highest BCUT2D eigenvalue weighted by molar-refractivity contribution is 9.10. The van der Waals surface area contributed by atoms with E-state index in [1.807, 2.05) is 24.3 Å². The molecule has 5 nitrogen and oxygen atoms in total. The fraction of sp³-hybridized carbons (Fsp3) is 0.231. The van der Waals surface area contributed by atoms with Crippen LogP contribution in [0.3, 0.4) is 0 Å². The summed E-state index contributed by atoms with van der Waals surface area (Å²) in [5, 5.41) is 8.99. The second-order valence-corrected chi connectivity index (χ2v) is 7.72. The Balaban J connectivity index is 2.24. The Morgan fingerprint density at radius 3 is 2.43 bits per heavy atom. The lowest BCUT2D eigenvalue weighted by molar-refractivity contribution is 0.245. The molecule has 2 aromatic rings. The van der Waals surface area contributed by atoms with Gasteiger partial charge in [0.2, 0.25) is 10.0 Å². The van der Waals surface area contributed by atoms with Gasteiger partial charge >= 0.3 is 0 Å². The van der Waals surface area contributed by atoms with E-state index in [0.29, 0.717) is 0 Å². The Morgan fingerprint density at radius 2 is 1.90 bits per heavy atom. The van der Waals surface area contributed by atoms with Gasteiger partial charge in [-0.2, -0.15) is 0 Å². The number of hydrogen-bond donors (Lipinski definition) is 2. The van der Waals surface area contributed by atoms with Gasteiger partial charge in [0.05, 0.1) is 0 Å². The van der Waals surface area contributed by atoms with Gasteiger partial charge in [-0.1, -0.05) is 28.1 Å². The van der Waals surface area contributed by atoms with E-state index in [4.69, 9.17) is 9.52 Å². The molecule has 0 amide bonds. The SMILES string of the molecule is CC(NS(=O)(=O)c1cc(CO)oc1Br)c1ccc(Br)cc1. The smallest absolute Gasteiger partial charge is 0.245 e. The molecule has 0 spiro atoms. The summed E-state index contributed by atoms with van der Waals surface area (Å²) in [6, 6.07) is 8.25. The Labute approximate surface area is 139 Å². The van der Waals surface area contributed by atoms with Gasteiger partial charge in [-0.15, -0.1) is 0 Å². The number of benzene rings is 1. The van der Waals surface area contributed by atoms with Gasteiger partial charge in [0.25, 0.3) is 0 Å². The van der Waals surface area contributed by atoms with Crippen LogP contribution < -0.4 is 4.72 Å². The normalized spacial score (nSPS) is 13.3. The van der Waals surface area contributed by atoms with Gasteiger partial charge in [-0.25, -0.2) is 13.1 Å². The van der Waals surface area contributed by atoms with Crippen LogP contribution in [0.25, 0.3) is 0 Å². The van der Waals surface area contributed by atoms with Crippen LogP contribution in [-0.4, -0.2) is 13.5 Å². The maximum Gasteiger partial charge on any atom is 0.245 e. The quantitative estimate of drug-likeness (QED) is 0.750. The predicted octanol–water partition coefficient (Wildman–Crippen LogP) is 3.34. The Hall–Kier alpha value is -0.670. The van der Waals surface area contributed by atoms with Gasteiger partial charge in [0.15, 0.2) is 4.67 Å². The van der Waals surface area contributed by atoms with Crippen molar-refractivity contribution < 1.29 is 17.9 Å². The molecule has 114 valence electrons. The molecule has 1 atom stereocenters. The van der Waals surface area contributed by atoms with Crippen LogP contribution in [0.15, 0.2) is 48.8 Å². The van der Waals surface area contributed by atoms with E-state index < -0.39 is 16.1 Å². The fourth-order valence-electron chi connectivity index (χ4n) is 1.77. The van der Waals surface area contributed by atoms with E-state index in [0.717, 1.165) is 10.0 Å². The number of aliphatic hydroxyl groups is 1. The van der Waals surface area contributed by atoms with Crippen molar-refractivity contribution >= 4 is 41.9 Å². The van der Waals surface area contributed by atoms with Gasteiger partial charge < -0.3 is 9.52 Å². The van der Waals surface area contributed by atoms with Gasteiger partial charge in [-0.05, 0) is 40.5 Å². The summed E-state index contributed by atoms with van der Waals surface area (Å²) >= 11 is 6.38. The third-order valence-electron chi connectivity index (χ3n) is 2.85. The largest absolute Gasteiger partial charge is 0.450 e. The Bertz CT molecular complexity index is 725. The molecule has 1 heterocycles. The van der Waals surface area contributed by atoms with E-state index in [9.17, 15) is 8.42 Å². The van der Waals surface area contributed by atoms with Crippen molar-refractivity contribution in [2.45, 2.75) is 24.5 Å². The minimum absolute atomic E-state index is 0.0319. The molecular formula is C13H13Br2NO4S. The van der Waals surface area contributed by atoms with Crippen molar-refractivity contribution in [3.8, 4) is 0 Å². The molecular weight excluding hydrogens is 426 g/mol. The molecule has 0 bridgehead atoms. The van der Waals surface area contributed by atoms with Crippen molar-refractivity contribution in [3.63, 3.8) is 0 Å². The molecule has 21 heavy (non-hydrogen) atoms. The average molecular weight is 439 g/mol. The van der Waals surface area contributed by atoms with Gasteiger partial charge in [0.1, 0.15) is 17.3 Å². The molecule has 0 aliphatic rings. The maximum atomic E-state index is 12.3. The molecule has 0 radical (unpaired) electrons. The highest BCUT2D eigenvalue weighted by Crippen LogP contribution is 2.27. The molecule has 1 aromatic carbocycles. The van der Waals surface area contributed by atoms with Crippen molar-refractivity contribution in [3.05, 3.63) is 50.8 Å². The first kappa shape index (κ1) is 16.7. The molecule has 2 rings (SSSR count). The maximum absolute atomic E-state index is 12.3. The van der Waals surface area contributed by atoms with Crippen molar-refractivity contribution in [2.75, 3.05) is 0 Å². The summed E-state index contributed by atoms with van der Waals surface area (Å²) in [6.45, 7) is 1.39. The number of halogens is 2. The molecule has 0 saturated carbocycles. The standard InChI is InChI=1S/C13H13Br2NO4S/c1-8(9-2-4-10(14)5-3-9)16-21(18,19)12-6-11(7-17)20-13(12)15/h2-6,8,16-17H,7H2,1H3. The monoisotopic (exact) mass is 437 g/mol. The third-order valence-corrected chi connectivity index (χ3v) is 5.78. The zero-order valence-corrected chi connectivity index (χ0v) is 15.0. The molecule has 2 N–H and O–H groups in total. The van der Waals surface area contributed by atoms with Crippen LogP contribution in [0, 0.1) is 0 Å². The van der Waals surface area contributed by atoms with Crippen molar-refractivity contribution in [1.29, 1.82) is 0 Å². The molecule has 8 heteroatoms. The van der Waals surface area contributed by atoms with E-state index in [1.54, 1.807) is 6.92 Å². The first-order valence-electron chi connectivity index (χ1n) is 6.00. The van der Waals surface area contributed by atoms with Crippen LogP contribution in [0.2, 0.25) is 0 Å². The molecule has 0 fully saturated rings. The number of rotatable bonds is 5. The number of nitrogens with one attached hydrogen (secondary N) is 1. The number of sulfonamides is 1. The second-order valence-electron chi connectivity index (χ2n) is 4.40. The van der Waals surface area contributed by atoms with Crippen LogP contribution in [-0.2, 0) is 16.6 Å². The van der Waals surface area contributed by atoms with Gasteiger partial charge in [0, 0.05) is 16.6 Å². The number of furan rings is 1. The molecule has 1 aromatic heterocycles. The number of hydrogen-bond acceptors (Lipinski definition) is 4. The summed E-state index contributed by atoms with van der Waals surface area (Å²) in [4.78, 5) is -0.0319. The van der Waals surface area contributed by atoms with Crippen LogP contribution >= 0.6 is 31.9 Å². The lowest BCUT2D eigenvalue weighted by atomic mass is 10.1. The minimum Gasteiger partial charge on any atom is -0.450 e. The zero-order valence-electron chi connectivity index (χ0n) is 11.0. The van der Waals surface area contributed by atoms with Crippen molar-refractivity contribution in [1.82, 2.24) is 4.72 Å². The first-order valence-corrected chi connectivity index (χ1v) is 9.07. The second kappa shape index (κ2) is 6.62. The Morgan fingerprint density at radius 1 is 1.29 bits per heavy atom. The first-order chi connectivity index (χ1) is 9.83. The summed E-state index contributed by atoms with van der Waals surface area (Å²) in [6.07, 6.45) is 0. The van der Waals surface area contributed by atoms with Crippen molar-refractivity contribution in [2.24, 2.45) is 0 Å². The lowest BCUT2D eigenvalue weighted by Gasteiger charge is -2.14. The summed E-state index contributed by atoms with van der Waals surface area (Å²) in [7, 11) is -3.75. The topological polar surface area (TPSA) is 79.5 Å². The van der Waals surface area contributed by atoms with E-state index in [-0.39, 0.29) is 21.9 Å². The minimum atomic E-state index is -3.75. The Kier molecular flexibility index (Phi) is 5.26. The average Bonchev–Trinajstić information content (AvgIpc) is 2.81. The molecule has 0 saturated heterocycles. The summed E-state index contributed by atoms with van der Waals surface area (Å²) < 4.78 is 33.3. The highest BCUT2D eigenvalue weighted by atomic mass is 79.9. The van der Waals surface area contributed by atoms with E-state index in [2.05, 4.69) is 36.6 Å².